The van der Waals surface area contributed by atoms with Gasteiger partial charge in [-0.25, -0.2) is 0 Å². The number of carbonyl (C=O) groups is 1. The minimum absolute atomic E-state index is 0.0694. The van der Waals surface area contributed by atoms with Gasteiger partial charge in [0, 0.05) is 43.6 Å². The van der Waals surface area contributed by atoms with Gasteiger partial charge in [0.05, 0.1) is 13.2 Å². The average molecular weight is 357 g/mol. The van der Waals surface area contributed by atoms with Crippen molar-refractivity contribution in [1.82, 2.24) is 9.80 Å². The zero-order chi connectivity index (χ0) is 18.0. The summed E-state index contributed by atoms with van der Waals surface area (Å²) >= 11 is 0. The first-order valence-corrected chi connectivity index (χ1v) is 10.3. The molecule has 4 nitrogen and oxygen atoms in total. The lowest BCUT2D eigenvalue weighted by atomic mass is 9.75. The maximum absolute atomic E-state index is 12.8. The largest absolute Gasteiger partial charge is 0.379 e. The molecule has 26 heavy (non-hydrogen) atoms. The molecule has 3 fully saturated rings. The first-order valence-electron chi connectivity index (χ1n) is 10.3. The van der Waals surface area contributed by atoms with Crippen molar-refractivity contribution in [2.45, 2.75) is 56.4 Å². The van der Waals surface area contributed by atoms with E-state index in [1.54, 1.807) is 0 Å². The lowest BCUT2D eigenvalue weighted by Gasteiger charge is -2.49. The Hall–Kier alpha value is -1.39. The predicted octanol–water partition coefficient (Wildman–Crippen LogP) is 3.21. The van der Waals surface area contributed by atoms with Crippen molar-refractivity contribution in [3.05, 3.63) is 35.9 Å². The molecule has 4 rings (SSSR count). The number of piperidine rings is 1. The van der Waals surface area contributed by atoms with Crippen molar-refractivity contribution >= 4 is 5.91 Å². The number of likely N-dealkylation sites (tertiary alicyclic amines) is 1. The number of rotatable bonds is 4. The van der Waals surface area contributed by atoms with Crippen LogP contribution in [0.4, 0.5) is 0 Å². The van der Waals surface area contributed by atoms with Crippen LogP contribution in [0.3, 0.4) is 0 Å². The van der Waals surface area contributed by atoms with Crippen LogP contribution in [0, 0.1) is 0 Å². The SMILES string of the molecule is CC1(c2ccccc2)CCC(=O)N(CC2(N3CCOCC3)CCCC2)C1. The number of ether oxygens (including phenoxy) is 1. The summed E-state index contributed by atoms with van der Waals surface area (Å²) in [5.41, 5.74) is 1.61. The third-order valence-corrected chi connectivity index (χ3v) is 6.96. The van der Waals surface area contributed by atoms with Crippen LogP contribution in [0.5, 0.6) is 0 Å². The summed E-state index contributed by atoms with van der Waals surface area (Å²) in [6.07, 6.45) is 6.64. The second kappa shape index (κ2) is 7.32. The number of hydrogen-bond acceptors (Lipinski definition) is 3. The van der Waals surface area contributed by atoms with Crippen molar-refractivity contribution in [2.24, 2.45) is 0 Å². The van der Waals surface area contributed by atoms with Gasteiger partial charge in [0.25, 0.3) is 0 Å². The van der Waals surface area contributed by atoms with Crippen LogP contribution in [0.1, 0.15) is 51.0 Å². The maximum Gasteiger partial charge on any atom is 0.222 e. The second-order valence-corrected chi connectivity index (χ2v) is 8.71. The number of morpholine rings is 1. The van der Waals surface area contributed by atoms with Crippen molar-refractivity contribution in [3.8, 4) is 0 Å². The summed E-state index contributed by atoms with van der Waals surface area (Å²) in [5.74, 6) is 0.345. The van der Waals surface area contributed by atoms with Gasteiger partial charge in [-0.15, -0.1) is 0 Å². The minimum atomic E-state index is 0.0694. The molecule has 2 aliphatic heterocycles. The van der Waals surface area contributed by atoms with E-state index in [2.05, 4.69) is 47.1 Å². The van der Waals surface area contributed by atoms with E-state index < -0.39 is 0 Å². The van der Waals surface area contributed by atoms with E-state index >= 15 is 0 Å². The zero-order valence-corrected chi connectivity index (χ0v) is 16.1. The lowest BCUT2D eigenvalue weighted by Crippen LogP contribution is -2.60. The van der Waals surface area contributed by atoms with Crippen LogP contribution in [-0.4, -0.2) is 60.6 Å². The van der Waals surface area contributed by atoms with Crippen LogP contribution in [0.15, 0.2) is 30.3 Å². The highest BCUT2D eigenvalue weighted by Gasteiger charge is 2.45. The Bertz CT molecular complexity index is 620. The summed E-state index contributed by atoms with van der Waals surface area (Å²) in [6, 6.07) is 10.8. The maximum atomic E-state index is 12.8. The Kier molecular flexibility index (Phi) is 5.07. The van der Waals surface area contributed by atoms with E-state index in [0.717, 1.165) is 45.8 Å². The molecule has 1 aromatic carbocycles. The van der Waals surface area contributed by atoms with Gasteiger partial charge >= 0.3 is 0 Å². The van der Waals surface area contributed by atoms with Crippen molar-refractivity contribution in [2.75, 3.05) is 39.4 Å². The Balaban J connectivity index is 1.54. The van der Waals surface area contributed by atoms with Crippen molar-refractivity contribution in [3.63, 3.8) is 0 Å². The smallest absolute Gasteiger partial charge is 0.222 e. The van der Waals surface area contributed by atoms with Gasteiger partial charge in [-0.1, -0.05) is 50.1 Å². The molecular weight excluding hydrogens is 324 g/mol. The quantitative estimate of drug-likeness (QED) is 0.830. The topological polar surface area (TPSA) is 32.8 Å². The number of amides is 1. The second-order valence-electron chi connectivity index (χ2n) is 8.71. The molecule has 142 valence electrons. The summed E-state index contributed by atoms with van der Waals surface area (Å²) < 4.78 is 5.58. The van der Waals surface area contributed by atoms with E-state index in [0.29, 0.717) is 12.3 Å². The normalized spacial score (nSPS) is 29.9. The molecule has 1 atom stereocenters. The number of nitrogens with zero attached hydrogens (tertiary/aromatic N) is 2. The van der Waals surface area contributed by atoms with Gasteiger partial charge in [-0.05, 0) is 24.8 Å². The molecule has 3 aliphatic rings. The summed E-state index contributed by atoms with van der Waals surface area (Å²) in [7, 11) is 0. The van der Waals surface area contributed by atoms with Crippen LogP contribution < -0.4 is 0 Å². The van der Waals surface area contributed by atoms with E-state index in [9.17, 15) is 4.79 Å². The molecule has 0 aromatic heterocycles. The number of benzene rings is 1. The first-order chi connectivity index (χ1) is 12.6. The van der Waals surface area contributed by atoms with E-state index in [-0.39, 0.29) is 11.0 Å². The molecular formula is C22H32N2O2. The number of hydrogen-bond donors (Lipinski definition) is 0. The lowest BCUT2D eigenvalue weighted by molar-refractivity contribution is -0.138. The van der Waals surface area contributed by atoms with Crippen LogP contribution in [0.2, 0.25) is 0 Å². The van der Waals surface area contributed by atoms with Gasteiger partial charge in [0.2, 0.25) is 5.91 Å². The van der Waals surface area contributed by atoms with Gasteiger partial charge in [0.1, 0.15) is 0 Å². The van der Waals surface area contributed by atoms with Gasteiger partial charge < -0.3 is 9.64 Å². The van der Waals surface area contributed by atoms with Gasteiger partial charge in [-0.2, -0.15) is 0 Å². The Morgan fingerprint density at radius 2 is 1.73 bits per heavy atom. The fourth-order valence-corrected chi connectivity index (χ4v) is 5.35. The molecule has 1 aliphatic carbocycles. The molecule has 1 amide bonds. The first kappa shape index (κ1) is 18.0. The van der Waals surface area contributed by atoms with Gasteiger partial charge in [-0.3, -0.25) is 9.69 Å². The third-order valence-electron chi connectivity index (χ3n) is 6.96. The summed E-state index contributed by atoms with van der Waals surface area (Å²) in [5, 5.41) is 0. The monoisotopic (exact) mass is 356 g/mol. The van der Waals surface area contributed by atoms with E-state index in [4.69, 9.17) is 4.74 Å². The van der Waals surface area contributed by atoms with Crippen LogP contribution >= 0.6 is 0 Å². The fraction of sp³-hybridized carbons (Fsp3) is 0.682. The van der Waals surface area contributed by atoms with Crippen LogP contribution in [-0.2, 0) is 14.9 Å². The molecule has 2 heterocycles. The highest BCUT2D eigenvalue weighted by atomic mass is 16.5. The Morgan fingerprint density at radius 1 is 1.04 bits per heavy atom. The molecule has 1 aromatic rings. The van der Waals surface area contributed by atoms with Crippen molar-refractivity contribution in [1.29, 1.82) is 0 Å². The summed E-state index contributed by atoms with van der Waals surface area (Å²) in [4.78, 5) is 17.6. The molecule has 2 saturated heterocycles. The fourth-order valence-electron chi connectivity index (χ4n) is 5.35. The number of carbonyl (C=O) groups excluding carboxylic acids is 1. The molecule has 0 bridgehead atoms. The van der Waals surface area contributed by atoms with Crippen LogP contribution in [0.25, 0.3) is 0 Å². The molecule has 1 saturated carbocycles. The zero-order valence-electron chi connectivity index (χ0n) is 16.1. The predicted molar refractivity (Wildman–Crippen MR) is 103 cm³/mol. The summed E-state index contributed by atoms with van der Waals surface area (Å²) in [6.45, 7) is 7.76. The average Bonchev–Trinajstić information content (AvgIpc) is 3.16. The standard InChI is InChI=1S/C22H32N2O2/c1-21(19-7-3-2-4-8-19)12-9-20(25)23(17-21)18-22(10-5-6-11-22)24-13-15-26-16-14-24/h2-4,7-8H,5-6,9-18H2,1H3. The van der Waals surface area contributed by atoms with E-state index in [1.165, 1.54) is 31.2 Å². The Labute approximate surface area is 157 Å². The van der Waals surface area contributed by atoms with Gasteiger partial charge in [0.15, 0.2) is 0 Å². The highest BCUT2D eigenvalue weighted by molar-refractivity contribution is 5.77. The molecule has 0 radical (unpaired) electrons. The van der Waals surface area contributed by atoms with Crippen molar-refractivity contribution < 1.29 is 9.53 Å². The Morgan fingerprint density at radius 3 is 2.42 bits per heavy atom. The molecule has 0 N–H and O–H groups in total. The molecule has 1 unspecified atom stereocenters. The third kappa shape index (κ3) is 3.41. The highest BCUT2D eigenvalue weighted by Crippen LogP contribution is 2.40. The minimum Gasteiger partial charge on any atom is -0.379 e. The molecule has 0 spiro atoms. The molecule has 4 heteroatoms. The van der Waals surface area contributed by atoms with E-state index in [1.807, 2.05) is 0 Å².